The molecule has 1 saturated carbocycles. The second-order valence-corrected chi connectivity index (χ2v) is 3.91. The predicted octanol–water partition coefficient (Wildman–Crippen LogP) is 2.40. The number of nitrogens with one attached hydrogen (secondary N) is 1. The maximum absolute atomic E-state index is 3.27. The molecule has 2 atom stereocenters. The van der Waals surface area contributed by atoms with Crippen LogP contribution in [0.25, 0.3) is 0 Å². The summed E-state index contributed by atoms with van der Waals surface area (Å²) in [4.78, 5) is 0. The van der Waals surface area contributed by atoms with E-state index in [0.29, 0.717) is 0 Å². The van der Waals surface area contributed by atoms with Gasteiger partial charge in [-0.1, -0.05) is 30.3 Å². The molecule has 1 fully saturated rings. The van der Waals surface area contributed by atoms with E-state index in [1.165, 1.54) is 24.9 Å². The van der Waals surface area contributed by atoms with Gasteiger partial charge in [0.25, 0.3) is 0 Å². The molecular weight excluding hydrogens is 158 g/mol. The first-order valence-electron chi connectivity index (χ1n) is 5.11. The number of benzene rings is 1. The molecule has 1 aromatic rings. The van der Waals surface area contributed by atoms with Crippen molar-refractivity contribution in [2.24, 2.45) is 5.92 Å². The highest BCUT2D eigenvalue weighted by atomic mass is 14.8. The van der Waals surface area contributed by atoms with Crippen molar-refractivity contribution < 1.29 is 0 Å². The average Bonchev–Trinajstić information content (AvgIpc) is 2.14. The van der Waals surface area contributed by atoms with Gasteiger partial charge in [0.15, 0.2) is 0 Å². The second-order valence-electron chi connectivity index (χ2n) is 3.91. The number of hydrogen-bond donors (Lipinski definition) is 1. The van der Waals surface area contributed by atoms with Gasteiger partial charge in [-0.15, -0.1) is 0 Å². The fourth-order valence-electron chi connectivity index (χ4n) is 2.21. The van der Waals surface area contributed by atoms with Crippen molar-refractivity contribution in [2.45, 2.75) is 18.8 Å². The van der Waals surface area contributed by atoms with Gasteiger partial charge in [-0.25, -0.2) is 0 Å². The van der Waals surface area contributed by atoms with Crippen LogP contribution in [-0.4, -0.2) is 13.6 Å². The third kappa shape index (κ3) is 1.75. The van der Waals surface area contributed by atoms with Crippen LogP contribution in [0.1, 0.15) is 24.3 Å². The van der Waals surface area contributed by atoms with Gasteiger partial charge in [-0.3, -0.25) is 0 Å². The number of rotatable bonds is 3. The summed E-state index contributed by atoms with van der Waals surface area (Å²) in [6, 6.07) is 10.9. The van der Waals surface area contributed by atoms with Crippen molar-refractivity contribution in [3.63, 3.8) is 0 Å². The first-order valence-corrected chi connectivity index (χ1v) is 5.11. The summed E-state index contributed by atoms with van der Waals surface area (Å²) in [5, 5.41) is 3.27. The highest BCUT2D eigenvalue weighted by molar-refractivity contribution is 5.22. The van der Waals surface area contributed by atoms with Gasteiger partial charge < -0.3 is 5.32 Å². The zero-order valence-corrected chi connectivity index (χ0v) is 8.16. The standard InChI is InChI=1S/C12H17N/c1-13-9-11-7-8-12(11)10-5-3-2-4-6-10/h2-6,11-13H,7-9H2,1H3. The molecule has 0 heterocycles. The highest BCUT2D eigenvalue weighted by Gasteiger charge is 2.30. The summed E-state index contributed by atoms with van der Waals surface area (Å²) in [6.07, 6.45) is 2.76. The van der Waals surface area contributed by atoms with Crippen LogP contribution in [-0.2, 0) is 0 Å². The SMILES string of the molecule is CNCC1CCC1c1ccccc1. The Balaban J connectivity index is 2.02. The summed E-state index contributed by atoms with van der Waals surface area (Å²) in [5.41, 5.74) is 1.52. The lowest BCUT2D eigenvalue weighted by atomic mass is 9.70. The van der Waals surface area contributed by atoms with Gasteiger partial charge in [0, 0.05) is 0 Å². The predicted molar refractivity (Wildman–Crippen MR) is 55.8 cm³/mol. The van der Waals surface area contributed by atoms with Crippen molar-refractivity contribution in [3.05, 3.63) is 35.9 Å². The van der Waals surface area contributed by atoms with Gasteiger partial charge in [0.05, 0.1) is 0 Å². The minimum atomic E-state index is 0.814. The Bertz CT molecular complexity index is 255. The third-order valence-electron chi connectivity index (χ3n) is 3.11. The summed E-state index contributed by atoms with van der Waals surface area (Å²) in [6.45, 7) is 1.17. The van der Waals surface area contributed by atoms with E-state index in [1.807, 2.05) is 7.05 Å². The van der Waals surface area contributed by atoms with Crippen molar-refractivity contribution in [3.8, 4) is 0 Å². The van der Waals surface area contributed by atoms with E-state index in [4.69, 9.17) is 0 Å². The molecule has 1 heteroatoms. The van der Waals surface area contributed by atoms with Crippen molar-refractivity contribution in [1.29, 1.82) is 0 Å². The Morgan fingerprint density at radius 2 is 2.00 bits per heavy atom. The second kappa shape index (κ2) is 3.93. The smallest absolute Gasteiger partial charge is 0.00177 e. The van der Waals surface area contributed by atoms with E-state index in [2.05, 4.69) is 35.6 Å². The molecular formula is C12H17N. The molecule has 1 nitrogen and oxygen atoms in total. The van der Waals surface area contributed by atoms with Crippen LogP contribution in [0.15, 0.2) is 30.3 Å². The molecule has 2 rings (SSSR count). The lowest BCUT2D eigenvalue weighted by Gasteiger charge is -2.37. The molecule has 1 N–H and O–H groups in total. The van der Waals surface area contributed by atoms with Crippen LogP contribution < -0.4 is 5.32 Å². The molecule has 0 radical (unpaired) electrons. The van der Waals surface area contributed by atoms with Crippen LogP contribution in [0.2, 0.25) is 0 Å². The van der Waals surface area contributed by atoms with Crippen molar-refractivity contribution in [1.82, 2.24) is 5.32 Å². The van der Waals surface area contributed by atoms with Crippen LogP contribution in [0, 0.1) is 5.92 Å². The Hall–Kier alpha value is -0.820. The highest BCUT2D eigenvalue weighted by Crippen LogP contribution is 2.41. The van der Waals surface area contributed by atoms with Crippen LogP contribution in [0.4, 0.5) is 0 Å². The molecule has 70 valence electrons. The summed E-state index contributed by atoms with van der Waals surface area (Å²) in [5.74, 6) is 1.68. The zero-order valence-electron chi connectivity index (χ0n) is 8.16. The van der Waals surface area contributed by atoms with E-state index < -0.39 is 0 Å². The van der Waals surface area contributed by atoms with E-state index in [1.54, 1.807) is 0 Å². The summed E-state index contributed by atoms with van der Waals surface area (Å²) >= 11 is 0. The molecule has 13 heavy (non-hydrogen) atoms. The van der Waals surface area contributed by atoms with E-state index in [9.17, 15) is 0 Å². The van der Waals surface area contributed by atoms with E-state index in [0.717, 1.165) is 11.8 Å². The quantitative estimate of drug-likeness (QED) is 0.744. The maximum Gasteiger partial charge on any atom is -0.00177 e. The average molecular weight is 175 g/mol. The molecule has 0 bridgehead atoms. The Kier molecular flexibility index (Phi) is 2.65. The lowest BCUT2D eigenvalue weighted by Crippen LogP contribution is -2.32. The first kappa shape index (κ1) is 8.76. The van der Waals surface area contributed by atoms with Crippen LogP contribution in [0.3, 0.4) is 0 Å². The minimum absolute atomic E-state index is 0.814. The third-order valence-corrected chi connectivity index (χ3v) is 3.11. The molecule has 0 saturated heterocycles. The largest absolute Gasteiger partial charge is 0.319 e. The topological polar surface area (TPSA) is 12.0 Å². The first-order chi connectivity index (χ1) is 6.42. The van der Waals surface area contributed by atoms with Gasteiger partial charge in [0.2, 0.25) is 0 Å². The summed E-state index contributed by atoms with van der Waals surface area (Å²) in [7, 11) is 2.04. The fourth-order valence-corrected chi connectivity index (χ4v) is 2.21. The van der Waals surface area contributed by atoms with Crippen LogP contribution in [0.5, 0.6) is 0 Å². The van der Waals surface area contributed by atoms with Crippen molar-refractivity contribution >= 4 is 0 Å². The number of hydrogen-bond acceptors (Lipinski definition) is 1. The maximum atomic E-state index is 3.27. The van der Waals surface area contributed by atoms with Crippen molar-refractivity contribution in [2.75, 3.05) is 13.6 Å². The normalized spacial score (nSPS) is 26.8. The Labute approximate surface area is 80.2 Å². The Morgan fingerprint density at radius 1 is 1.23 bits per heavy atom. The van der Waals surface area contributed by atoms with Gasteiger partial charge in [-0.05, 0) is 43.8 Å². The summed E-state index contributed by atoms with van der Waals surface area (Å²) < 4.78 is 0. The fraction of sp³-hybridized carbons (Fsp3) is 0.500. The molecule has 0 amide bonds. The zero-order chi connectivity index (χ0) is 9.10. The molecule has 0 aliphatic heterocycles. The van der Waals surface area contributed by atoms with Crippen LogP contribution >= 0.6 is 0 Å². The molecule has 0 spiro atoms. The molecule has 1 aliphatic carbocycles. The Morgan fingerprint density at radius 3 is 2.54 bits per heavy atom. The van der Waals surface area contributed by atoms with Gasteiger partial charge >= 0.3 is 0 Å². The monoisotopic (exact) mass is 175 g/mol. The lowest BCUT2D eigenvalue weighted by molar-refractivity contribution is 0.251. The van der Waals surface area contributed by atoms with E-state index in [-0.39, 0.29) is 0 Å². The molecule has 2 unspecified atom stereocenters. The van der Waals surface area contributed by atoms with Gasteiger partial charge in [-0.2, -0.15) is 0 Å². The molecule has 1 aromatic carbocycles. The van der Waals surface area contributed by atoms with E-state index >= 15 is 0 Å². The van der Waals surface area contributed by atoms with Gasteiger partial charge in [0.1, 0.15) is 0 Å². The molecule has 1 aliphatic rings. The molecule has 0 aromatic heterocycles. The minimum Gasteiger partial charge on any atom is -0.319 e.